The van der Waals surface area contributed by atoms with Crippen LogP contribution in [0.1, 0.15) is 30.4 Å². The van der Waals surface area contributed by atoms with Gasteiger partial charge in [0.05, 0.1) is 22.1 Å². The molecule has 2 heterocycles. The number of aryl methyl sites for hydroxylation is 1. The van der Waals surface area contributed by atoms with Crippen LogP contribution in [-0.2, 0) is 6.42 Å². The molecule has 0 bridgehead atoms. The van der Waals surface area contributed by atoms with Crippen molar-refractivity contribution < 1.29 is 0 Å². The molecule has 0 N–H and O–H groups in total. The Morgan fingerprint density at radius 2 is 1.31 bits per heavy atom. The molecule has 5 aromatic rings. The Balaban J connectivity index is 1.96. The number of rotatable bonds is 0. The fourth-order valence-electron chi connectivity index (χ4n) is 4.78. The highest BCUT2D eigenvalue weighted by atomic mass is 14.7. The van der Waals surface area contributed by atoms with Crippen molar-refractivity contribution in [2.75, 3.05) is 0 Å². The van der Waals surface area contributed by atoms with Crippen molar-refractivity contribution >= 4 is 43.6 Å². The van der Waals surface area contributed by atoms with Gasteiger partial charge in [-0.15, -0.1) is 0 Å². The van der Waals surface area contributed by atoms with E-state index in [2.05, 4.69) is 67.6 Å². The molecule has 2 aromatic heterocycles. The second-order valence-corrected chi connectivity index (χ2v) is 7.44. The lowest BCUT2D eigenvalue weighted by Gasteiger charge is -2.16. The van der Waals surface area contributed by atoms with E-state index in [1.54, 1.807) is 0 Å². The van der Waals surface area contributed by atoms with Gasteiger partial charge in [-0.05, 0) is 54.2 Å². The molecule has 3 aromatic carbocycles. The quantitative estimate of drug-likeness (QED) is 0.251. The number of hydrogen-bond donors (Lipinski definition) is 0. The fraction of sp³-hybridized carbons (Fsp3) is 0.167. The molecule has 0 aliphatic heterocycles. The SMILES string of the molecule is C[C@H]1CCc2c3ccccc3nc3ccc4nc5ccccc5c1c4c23. The summed E-state index contributed by atoms with van der Waals surface area (Å²) in [5, 5.41) is 5.22. The van der Waals surface area contributed by atoms with Crippen molar-refractivity contribution in [2.24, 2.45) is 0 Å². The van der Waals surface area contributed by atoms with Crippen LogP contribution in [0.15, 0.2) is 60.7 Å². The third-order valence-electron chi connectivity index (χ3n) is 5.96. The van der Waals surface area contributed by atoms with Gasteiger partial charge in [0.15, 0.2) is 0 Å². The number of nitrogens with zero attached hydrogens (tertiary/aromatic N) is 2. The van der Waals surface area contributed by atoms with Crippen LogP contribution in [0.25, 0.3) is 43.6 Å². The minimum atomic E-state index is 0.502. The normalized spacial score (nSPS) is 16.7. The van der Waals surface area contributed by atoms with E-state index in [1.807, 2.05) is 0 Å². The minimum absolute atomic E-state index is 0.502. The first-order valence-corrected chi connectivity index (χ1v) is 9.34. The summed E-state index contributed by atoms with van der Waals surface area (Å²) in [5.41, 5.74) is 7.28. The first-order valence-electron chi connectivity index (χ1n) is 9.34. The minimum Gasteiger partial charge on any atom is -0.248 e. The number of fused-ring (bicyclic) bond motifs is 4. The first-order chi connectivity index (χ1) is 12.8. The summed E-state index contributed by atoms with van der Waals surface area (Å²) in [6.07, 6.45) is 2.24. The predicted molar refractivity (Wildman–Crippen MR) is 109 cm³/mol. The molecule has 2 nitrogen and oxygen atoms in total. The van der Waals surface area contributed by atoms with E-state index in [0.717, 1.165) is 34.9 Å². The summed E-state index contributed by atoms with van der Waals surface area (Å²) in [4.78, 5) is 9.97. The molecule has 1 aliphatic carbocycles. The fourth-order valence-corrected chi connectivity index (χ4v) is 4.78. The van der Waals surface area contributed by atoms with Crippen molar-refractivity contribution in [1.82, 2.24) is 9.97 Å². The zero-order chi connectivity index (χ0) is 17.3. The number of pyridine rings is 2. The lowest BCUT2D eigenvalue weighted by atomic mass is 9.91. The lowest BCUT2D eigenvalue weighted by molar-refractivity contribution is 0.697. The molecule has 0 saturated carbocycles. The lowest BCUT2D eigenvalue weighted by Crippen LogP contribution is -1.97. The molecule has 0 fully saturated rings. The number of para-hydroxylation sites is 2. The molecule has 0 unspecified atom stereocenters. The molecule has 0 saturated heterocycles. The second-order valence-electron chi connectivity index (χ2n) is 7.44. The van der Waals surface area contributed by atoms with Crippen molar-refractivity contribution in [3.8, 4) is 0 Å². The van der Waals surface area contributed by atoms with Crippen molar-refractivity contribution in [3.63, 3.8) is 0 Å². The molecule has 0 radical (unpaired) electrons. The zero-order valence-electron chi connectivity index (χ0n) is 14.7. The van der Waals surface area contributed by atoms with Crippen LogP contribution in [0.3, 0.4) is 0 Å². The second kappa shape index (κ2) is 5.01. The van der Waals surface area contributed by atoms with Gasteiger partial charge in [0.2, 0.25) is 0 Å². The smallest absolute Gasteiger partial charge is 0.0720 e. The maximum absolute atomic E-state index is 4.99. The average Bonchev–Trinajstić information content (AvgIpc) is 2.84. The van der Waals surface area contributed by atoms with Crippen molar-refractivity contribution in [1.29, 1.82) is 0 Å². The van der Waals surface area contributed by atoms with Gasteiger partial charge in [0, 0.05) is 21.5 Å². The summed E-state index contributed by atoms with van der Waals surface area (Å²) < 4.78 is 0. The van der Waals surface area contributed by atoms with Crippen LogP contribution < -0.4 is 0 Å². The predicted octanol–water partition coefficient (Wildman–Crippen LogP) is 6.14. The van der Waals surface area contributed by atoms with E-state index in [-0.39, 0.29) is 0 Å². The van der Waals surface area contributed by atoms with Gasteiger partial charge in [-0.25, -0.2) is 9.97 Å². The van der Waals surface area contributed by atoms with E-state index in [9.17, 15) is 0 Å². The van der Waals surface area contributed by atoms with Crippen LogP contribution in [0.5, 0.6) is 0 Å². The Kier molecular flexibility index (Phi) is 2.74. The summed E-state index contributed by atoms with van der Waals surface area (Å²) in [5.74, 6) is 0.502. The molecular weight excluding hydrogens is 316 g/mol. The van der Waals surface area contributed by atoms with Gasteiger partial charge in [0.1, 0.15) is 0 Å². The molecule has 0 amide bonds. The molecule has 124 valence electrons. The third kappa shape index (κ3) is 1.76. The van der Waals surface area contributed by atoms with E-state index in [0.29, 0.717) is 5.92 Å². The summed E-state index contributed by atoms with van der Waals surface area (Å²) in [6, 6.07) is 21.4. The van der Waals surface area contributed by atoms with Gasteiger partial charge in [-0.1, -0.05) is 43.3 Å². The van der Waals surface area contributed by atoms with Crippen molar-refractivity contribution in [3.05, 3.63) is 71.8 Å². The van der Waals surface area contributed by atoms with Crippen LogP contribution in [-0.4, -0.2) is 9.97 Å². The topological polar surface area (TPSA) is 25.8 Å². The van der Waals surface area contributed by atoms with Gasteiger partial charge >= 0.3 is 0 Å². The molecule has 1 aliphatic rings. The van der Waals surface area contributed by atoms with E-state index < -0.39 is 0 Å². The third-order valence-corrected chi connectivity index (χ3v) is 5.96. The van der Waals surface area contributed by atoms with Crippen molar-refractivity contribution in [2.45, 2.75) is 25.7 Å². The Morgan fingerprint density at radius 3 is 2.08 bits per heavy atom. The highest BCUT2D eigenvalue weighted by Gasteiger charge is 2.23. The zero-order valence-corrected chi connectivity index (χ0v) is 14.7. The number of hydrogen-bond acceptors (Lipinski definition) is 2. The van der Waals surface area contributed by atoms with E-state index >= 15 is 0 Å². The van der Waals surface area contributed by atoms with E-state index in [4.69, 9.17) is 9.97 Å². The Morgan fingerprint density at radius 1 is 0.692 bits per heavy atom. The number of benzene rings is 3. The highest BCUT2D eigenvalue weighted by molar-refractivity contribution is 6.16. The standard InChI is InChI=1S/C24H18N2/c1-14-10-11-16-15-6-2-4-8-18(15)25-20-12-13-21-24(23(16)20)22(14)17-7-3-5-9-19(17)26-21/h2-9,12-14H,10-11H2,1H3/t14-/m0/s1. The van der Waals surface area contributed by atoms with Gasteiger partial charge < -0.3 is 0 Å². The summed E-state index contributed by atoms with van der Waals surface area (Å²) in [7, 11) is 0. The highest BCUT2D eigenvalue weighted by Crippen LogP contribution is 2.43. The Labute approximate surface area is 151 Å². The van der Waals surface area contributed by atoms with Gasteiger partial charge in [-0.3, -0.25) is 0 Å². The molecular formula is C24H18N2. The van der Waals surface area contributed by atoms with Crippen LogP contribution in [0, 0.1) is 0 Å². The monoisotopic (exact) mass is 334 g/mol. The van der Waals surface area contributed by atoms with Gasteiger partial charge in [0.25, 0.3) is 0 Å². The molecule has 2 heteroatoms. The molecule has 1 atom stereocenters. The van der Waals surface area contributed by atoms with Gasteiger partial charge in [-0.2, -0.15) is 0 Å². The Bertz CT molecular complexity index is 1350. The molecule has 0 spiro atoms. The Hall–Kier alpha value is -3.00. The summed E-state index contributed by atoms with van der Waals surface area (Å²) >= 11 is 0. The maximum Gasteiger partial charge on any atom is 0.0720 e. The van der Waals surface area contributed by atoms with Crippen LogP contribution in [0.4, 0.5) is 0 Å². The molecule has 6 rings (SSSR count). The molecule has 26 heavy (non-hydrogen) atoms. The summed E-state index contributed by atoms with van der Waals surface area (Å²) in [6.45, 7) is 2.36. The van der Waals surface area contributed by atoms with Crippen LogP contribution in [0.2, 0.25) is 0 Å². The average molecular weight is 334 g/mol. The van der Waals surface area contributed by atoms with Crippen LogP contribution >= 0.6 is 0 Å². The largest absolute Gasteiger partial charge is 0.248 e. The first kappa shape index (κ1) is 14.2. The maximum atomic E-state index is 4.99. The number of aromatic nitrogens is 2. The van der Waals surface area contributed by atoms with E-state index in [1.165, 1.54) is 32.7 Å².